The van der Waals surface area contributed by atoms with E-state index in [1.54, 1.807) is 0 Å². The number of hydrogen-bond donors (Lipinski definition) is 2. The number of methoxy groups -OCH3 is 1. The Kier molecular flexibility index (Phi) is 4.17. The first-order valence-electron chi connectivity index (χ1n) is 5.96. The van der Waals surface area contributed by atoms with Crippen molar-refractivity contribution in [1.82, 2.24) is 10.4 Å². The Labute approximate surface area is 103 Å². The lowest BCUT2D eigenvalue weighted by molar-refractivity contribution is -0.246. The molecular weight excluding hydrogens is 220 g/mol. The van der Waals surface area contributed by atoms with E-state index in [9.17, 15) is 10.0 Å². The highest BCUT2D eigenvalue weighted by Crippen LogP contribution is 2.36. The van der Waals surface area contributed by atoms with E-state index in [0.29, 0.717) is 0 Å². The van der Waals surface area contributed by atoms with Crippen LogP contribution in [0.5, 0.6) is 0 Å². The fourth-order valence-electron chi connectivity index (χ4n) is 2.77. The van der Waals surface area contributed by atoms with Crippen LogP contribution in [0, 0.1) is 0 Å². The molecule has 1 amide bonds. The van der Waals surface area contributed by atoms with Crippen molar-refractivity contribution in [3.8, 4) is 0 Å². The molecule has 1 rings (SSSR count). The Morgan fingerprint density at radius 2 is 1.82 bits per heavy atom. The molecule has 0 aromatic rings. The third kappa shape index (κ3) is 3.40. The standard InChI is InChI=1S/C12H24N2O3/c1-11(2)6-9(13-10(15)8-17-5)7-12(3,4)14(11)16/h9,16H,6-8H2,1-5H3,(H,13,15). The molecule has 1 saturated heterocycles. The first kappa shape index (κ1) is 14.4. The van der Waals surface area contributed by atoms with Crippen LogP contribution in [0.2, 0.25) is 0 Å². The summed E-state index contributed by atoms with van der Waals surface area (Å²) in [4.78, 5) is 11.5. The molecule has 5 heteroatoms. The normalized spacial score (nSPS) is 24.6. The van der Waals surface area contributed by atoms with Gasteiger partial charge >= 0.3 is 0 Å². The van der Waals surface area contributed by atoms with Crippen LogP contribution < -0.4 is 5.32 Å². The van der Waals surface area contributed by atoms with E-state index in [1.807, 2.05) is 27.7 Å². The number of hydrogen-bond acceptors (Lipinski definition) is 4. The van der Waals surface area contributed by atoms with Gasteiger partial charge in [-0.3, -0.25) is 4.79 Å². The van der Waals surface area contributed by atoms with E-state index in [4.69, 9.17) is 4.74 Å². The minimum Gasteiger partial charge on any atom is -0.375 e. The Hall–Kier alpha value is -0.650. The molecule has 0 atom stereocenters. The Morgan fingerprint density at radius 1 is 1.35 bits per heavy atom. The molecule has 0 aromatic heterocycles. The van der Waals surface area contributed by atoms with Gasteiger partial charge < -0.3 is 15.3 Å². The lowest BCUT2D eigenvalue weighted by Gasteiger charge is -2.51. The number of hydroxylamine groups is 2. The average Bonchev–Trinajstić information content (AvgIpc) is 2.13. The topological polar surface area (TPSA) is 61.8 Å². The number of carbonyl (C=O) groups is 1. The number of carbonyl (C=O) groups excluding carboxylic acids is 1. The molecule has 5 nitrogen and oxygen atoms in total. The number of piperidine rings is 1. The van der Waals surface area contributed by atoms with E-state index >= 15 is 0 Å². The predicted octanol–water partition coefficient (Wildman–Crippen LogP) is 1.16. The summed E-state index contributed by atoms with van der Waals surface area (Å²) in [7, 11) is 1.50. The van der Waals surface area contributed by atoms with Crippen LogP contribution >= 0.6 is 0 Å². The molecule has 0 unspecified atom stereocenters. The third-order valence-electron chi connectivity index (χ3n) is 3.28. The van der Waals surface area contributed by atoms with Gasteiger partial charge in [-0.25, -0.2) is 0 Å². The van der Waals surface area contributed by atoms with Gasteiger partial charge in [0.2, 0.25) is 5.91 Å². The molecule has 1 aliphatic rings. The van der Waals surface area contributed by atoms with Crippen molar-refractivity contribution in [2.24, 2.45) is 0 Å². The van der Waals surface area contributed by atoms with E-state index in [-0.39, 0.29) is 29.6 Å². The van der Waals surface area contributed by atoms with Crippen molar-refractivity contribution in [3.05, 3.63) is 0 Å². The van der Waals surface area contributed by atoms with Gasteiger partial charge in [-0.05, 0) is 40.5 Å². The number of ether oxygens (including phenoxy) is 1. The van der Waals surface area contributed by atoms with Crippen LogP contribution in [-0.2, 0) is 9.53 Å². The molecule has 0 saturated carbocycles. The number of rotatable bonds is 3. The molecule has 1 heterocycles. The van der Waals surface area contributed by atoms with Gasteiger partial charge in [0.25, 0.3) is 0 Å². The second-order valence-electron chi connectivity index (χ2n) is 6.04. The third-order valence-corrected chi connectivity index (χ3v) is 3.28. The molecule has 17 heavy (non-hydrogen) atoms. The van der Waals surface area contributed by atoms with Gasteiger partial charge in [-0.15, -0.1) is 0 Å². The summed E-state index contributed by atoms with van der Waals surface area (Å²) in [5.41, 5.74) is -0.681. The minimum absolute atomic E-state index is 0.0750. The van der Waals surface area contributed by atoms with Gasteiger partial charge in [0.1, 0.15) is 6.61 Å². The molecule has 2 N–H and O–H groups in total. The summed E-state index contributed by atoms with van der Waals surface area (Å²) in [5.74, 6) is -0.101. The van der Waals surface area contributed by atoms with E-state index in [2.05, 4.69) is 5.32 Å². The fraction of sp³-hybridized carbons (Fsp3) is 0.917. The Bertz CT molecular complexity index is 271. The van der Waals surface area contributed by atoms with Crippen molar-refractivity contribution in [2.75, 3.05) is 13.7 Å². The number of nitrogens with zero attached hydrogens (tertiary/aromatic N) is 1. The largest absolute Gasteiger partial charge is 0.375 e. The van der Waals surface area contributed by atoms with Crippen LogP contribution in [-0.4, -0.2) is 47.0 Å². The molecular formula is C12H24N2O3. The van der Waals surface area contributed by atoms with Gasteiger partial charge in [0, 0.05) is 24.2 Å². The van der Waals surface area contributed by atoms with Crippen molar-refractivity contribution >= 4 is 5.91 Å². The highest BCUT2D eigenvalue weighted by Gasteiger charge is 2.45. The van der Waals surface area contributed by atoms with Crippen molar-refractivity contribution in [2.45, 2.75) is 57.7 Å². The van der Waals surface area contributed by atoms with Crippen LogP contribution in [0.4, 0.5) is 0 Å². The van der Waals surface area contributed by atoms with Crippen LogP contribution in [0.15, 0.2) is 0 Å². The quantitative estimate of drug-likeness (QED) is 0.782. The fourth-order valence-corrected chi connectivity index (χ4v) is 2.77. The van der Waals surface area contributed by atoms with Crippen LogP contribution in [0.25, 0.3) is 0 Å². The van der Waals surface area contributed by atoms with Gasteiger partial charge in [-0.1, -0.05) is 0 Å². The molecule has 0 aliphatic carbocycles. The molecule has 0 radical (unpaired) electrons. The van der Waals surface area contributed by atoms with Gasteiger partial charge in [0.15, 0.2) is 0 Å². The smallest absolute Gasteiger partial charge is 0.246 e. The molecule has 0 aromatic carbocycles. The maximum Gasteiger partial charge on any atom is 0.246 e. The summed E-state index contributed by atoms with van der Waals surface area (Å²) in [6, 6.07) is 0.0750. The number of amides is 1. The average molecular weight is 244 g/mol. The Balaban J connectivity index is 2.68. The summed E-state index contributed by atoms with van der Waals surface area (Å²) >= 11 is 0. The molecule has 100 valence electrons. The summed E-state index contributed by atoms with van der Waals surface area (Å²) < 4.78 is 4.80. The molecule has 1 aliphatic heterocycles. The molecule has 1 fully saturated rings. The number of nitrogens with one attached hydrogen (secondary N) is 1. The zero-order valence-corrected chi connectivity index (χ0v) is 11.4. The predicted molar refractivity (Wildman–Crippen MR) is 64.8 cm³/mol. The first-order valence-corrected chi connectivity index (χ1v) is 5.96. The maximum atomic E-state index is 11.5. The second kappa shape index (κ2) is 4.92. The van der Waals surface area contributed by atoms with Crippen molar-refractivity contribution < 1.29 is 14.7 Å². The van der Waals surface area contributed by atoms with E-state index in [0.717, 1.165) is 12.8 Å². The SMILES string of the molecule is COCC(=O)NC1CC(C)(C)N(O)C(C)(C)C1. The highest BCUT2D eigenvalue weighted by molar-refractivity contribution is 5.77. The monoisotopic (exact) mass is 244 g/mol. The van der Waals surface area contributed by atoms with Crippen molar-refractivity contribution in [3.63, 3.8) is 0 Å². The minimum atomic E-state index is -0.341. The van der Waals surface area contributed by atoms with E-state index < -0.39 is 0 Å². The highest BCUT2D eigenvalue weighted by atomic mass is 16.5. The zero-order chi connectivity index (χ0) is 13.3. The Morgan fingerprint density at radius 3 is 2.24 bits per heavy atom. The van der Waals surface area contributed by atoms with Crippen LogP contribution in [0.1, 0.15) is 40.5 Å². The van der Waals surface area contributed by atoms with Gasteiger partial charge in [0.05, 0.1) is 0 Å². The zero-order valence-electron chi connectivity index (χ0n) is 11.4. The maximum absolute atomic E-state index is 11.5. The van der Waals surface area contributed by atoms with E-state index in [1.165, 1.54) is 12.2 Å². The summed E-state index contributed by atoms with van der Waals surface area (Å²) in [6.45, 7) is 7.99. The molecule has 0 spiro atoms. The lowest BCUT2D eigenvalue weighted by Crippen LogP contribution is -2.63. The summed E-state index contributed by atoms with van der Waals surface area (Å²) in [5, 5.41) is 14.5. The lowest BCUT2D eigenvalue weighted by atomic mass is 9.79. The molecule has 0 bridgehead atoms. The van der Waals surface area contributed by atoms with Crippen LogP contribution in [0.3, 0.4) is 0 Å². The van der Waals surface area contributed by atoms with Gasteiger partial charge in [-0.2, -0.15) is 5.06 Å². The first-order chi connectivity index (χ1) is 7.69. The van der Waals surface area contributed by atoms with Crippen molar-refractivity contribution in [1.29, 1.82) is 0 Å². The summed E-state index contributed by atoms with van der Waals surface area (Å²) in [6.07, 6.45) is 1.45. The second-order valence-corrected chi connectivity index (χ2v) is 6.04.